The molecule has 1 atom stereocenters. The van der Waals surface area contributed by atoms with E-state index >= 15 is 0 Å². The summed E-state index contributed by atoms with van der Waals surface area (Å²) in [7, 11) is 0. The molecule has 0 fully saturated rings. The lowest BCUT2D eigenvalue weighted by Crippen LogP contribution is -2.30. The predicted octanol–water partition coefficient (Wildman–Crippen LogP) is 2.89. The van der Waals surface area contributed by atoms with Gasteiger partial charge in [0.15, 0.2) is 0 Å². The maximum Gasteiger partial charge on any atom is 0.136 e. The number of hydrogen-bond donors (Lipinski definition) is 1. The van der Waals surface area contributed by atoms with E-state index in [2.05, 4.69) is 41.7 Å². The molecule has 2 aromatic heterocycles. The second-order valence-electron chi connectivity index (χ2n) is 4.59. The van der Waals surface area contributed by atoms with Gasteiger partial charge in [-0.25, -0.2) is 4.98 Å². The van der Waals surface area contributed by atoms with Crippen LogP contribution in [0.2, 0.25) is 0 Å². The van der Waals surface area contributed by atoms with Gasteiger partial charge in [0.1, 0.15) is 5.65 Å². The predicted molar refractivity (Wildman–Crippen MR) is 73.6 cm³/mol. The monoisotopic (exact) mass is 253 g/mol. The molecule has 4 heteroatoms. The Balaban J connectivity index is 0.00000144. The third kappa shape index (κ3) is 3.20. The van der Waals surface area contributed by atoms with Gasteiger partial charge in [0, 0.05) is 18.8 Å². The zero-order chi connectivity index (χ0) is 11.5. The molecule has 0 saturated heterocycles. The van der Waals surface area contributed by atoms with Crippen molar-refractivity contribution in [2.24, 2.45) is 5.92 Å². The van der Waals surface area contributed by atoms with Crippen molar-refractivity contribution in [1.29, 1.82) is 0 Å². The van der Waals surface area contributed by atoms with Crippen molar-refractivity contribution >= 4 is 18.1 Å². The van der Waals surface area contributed by atoms with Gasteiger partial charge in [-0.3, -0.25) is 0 Å². The summed E-state index contributed by atoms with van der Waals surface area (Å²) in [6.45, 7) is 7.54. The summed E-state index contributed by atoms with van der Waals surface area (Å²) in [5.41, 5.74) is 2.22. The SMILES string of the molecule is CC(C)C(C)NCc1cnc2ccccn12.Cl. The van der Waals surface area contributed by atoms with Crippen LogP contribution in [0.25, 0.3) is 5.65 Å². The highest BCUT2D eigenvalue weighted by Gasteiger charge is 2.07. The van der Waals surface area contributed by atoms with Crippen molar-refractivity contribution in [3.8, 4) is 0 Å². The molecule has 2 rings (SSSR count). The fraction of sp³-hybridized carbons (Fsp3) is 0.462. The third-order valence-electron chi connectivity index (χ3n) is 3.10. The van der Waals surface area contributed by atoms with Crippen LogP contribution < -0.4 is 5.32 Å². The Morgan fingerprint density at radius 1 is 1.29 bits per heavy atom. The lowest BCUT2D eigenvalue weighted by molar-refractivity contribution is 0.423. The van der Waals surface area contributed by atoms with E-state index in [4.69, 9.17) is 0 Å². The van der Waals surface area contributed by atoms with Crippen LogP contribution in [0.3, 0.4) is 0 Å². The van der Waals surface area contributed by atoms with Crippen LogP contribution in [0.4, 0.5) is 0 Å². The van der Waals surface area contributed by atoms with Crippen LogP contribution in [-0.2, 0) is 6.54 Å². The minimum absolute atomic E-state index is 0. The first-order chi connectivity index (χ1) is 7.68. The van der Waals surface area contributed by atoms with Crippen molar-refractivity contribution in [2.75, 3.05) is 0 Å². The number of pyridine rings is 1. The Labute approximate surface area is 109 Å². The van der Waals surface area contributed by atoms with Gasteiger partial charge < -0.3 is 9.72 Å². The molecule has 1 unspecified atom stereocenters. The second-order valence-corrected chi connectivity index (χ2v) is 4.59. The molecule has 1 N–H and O–H groups in total. The lowest BCUT2D eigenvalue weighted by Gasteiger charge is -2.17. The van der Waals surface area contributed by atoms with E-state index in [1.807, 2.05) is 24.4 Å². The van der Waals surface area contributed by atoms with E-state index in [1.165, 1.54) is 5.69 Å². The molecule has 0 amide bonds. The highest BCUT2D eigenvalue weighted by Crippen LogP contribution is 2.07. The molecule has 17 heavy (non-hydrogen) atoms. The van der Waals surface area contributed by atoms with E-state index in [0.29, 0.717) is 12.0 Å². The van der Waals surface area contributed by atoms with Gasteiger partial charge in [0.25, 0.3) is 0 Å². The standard InChI is InChI=1S/C13H19N3.ClH/c1-10(2)11(3)14-8-12-9-15-13-6-4-5-7-16(12)13;/h4-7,9-11,14H,8H2,1-3H3;1H. The van der Waals surface area contributed by atoms with Gasteiger partial charge in [0.05, 0.1) is 11.9 Å². The highest BCUT2D eigenvalue weighted by molar-refractivity contribution is 5.85. The van der Waals surface area contributed by atoms with Gasteiger partial charge in [-0.15, -0.1) is 12.4 Å². The summed E-state index contributed by atoms with van der Waals surface area (Å²) < 4.78 is 2.13. The van der Waals surface area contributed by atoms with E-state index in [9.17, 15) is 0 Å². The molecule has 0 aliphatic carbocycles. The van der Waals surface area contributed by atoms with Crippen molar-refractivity contribution < 1.29 is 0 Å². The smallest absolute Gasteiger partial charge is 0.136 e. The fourth-order valence-corrected chi connectivity index (χ4v) is 1.62. The molecule has 0 spiro atoms. The van der Waals surface area contributed by atoms with Crippen LogP contribution in [0.1, 0.15) is 26.5 Å². The van der Waals surface area contributed by atoms with Gasteiger partial charge in [-0.2, -0.15) is 0 Å². The number of halogens is 1. The zero-order valence-electron chi connectivity index (χ0n) is 10.6. The molecular weight excluding hydrogens is 234 g/mol. The van der Waals surface area contributed by atoms with E-state index < -0.39 is 0 Å². The van der Waals surface area contributed by atoms with Crippen molar-refractivity contribution in [3.05, 3.63) is 36.3 Å². The molecule has 0 aliphatic rings. The van der Waals surface area contributed by atoms with Crippen molar-refractivity contribution in [2.45, 2.75) is 33.4 Å². The molecular formula is C13H20ClN3. The zero-order valence-corrected chi connectivity index (χ0v) is 11.4. The van der Waals surface area contributed by atoms with Gasteiger partial charge in [-0.1, -0.05) is 19.9 Å². The number of rotatable bonds is 4. The normalized spacial score (nSPS) is 12.7. The molecule has 2 heterocycles. The first kappa shape index (κ1) is 14.0. The van der Waals surface area contributed by atoms with Crippen LogP contribution in [-0.4, -0.2) is 15.4 Å². The third-order valence-corrected chi connectivity index (χ3v) is 3.10. The molecule has 0 saturated carbocycles. The van der Waals surface area contributed by atoms with E-state index in [-0.39, 0.29) is 12.4 Å². The molecule has 2 aromatic rings. The number of imidazole rings is 1. The topological polar surface area (TPSA) is 29.3 Å². The van der Waals surface area contributed by atoms with Crippen molar-refractivity contribution in [1.82, 2.24) is 14.7 Å². The first-order valence-corrected chi connectivity index (χ1v) is 5.83. The minimum Gasteiger partial charge on any atom is -0.308 e. The molecule has 0 bridgehead atoms. The molecule has 3 nitrogen and oxygen atoms in total. The Morgan fingerprint density at radius 3 is 2.76 bits per heavy atom. The lowest BCUT2D eigenvalue weighted by atomic mass is 10.1. The number of nitrogens with one attached hydrogen (secondary N) is 1. The van der Waals surface area contributed by atoms with E-state index in [0.717, 1.165) is 12.2 Å². The summed E-state index contributed by atoms with van der Waals surface area (Å²) >= 11 is 0. The number of nitrogens with zero attached hydrogens (tertiary/aromatic N) is 2. The summed E-state index contributed by atoms with van der Waals surface area (Å²) in [5, 5.41) is 3.52. The Kier molecular flexibility index (Phi) is 4.97. The average molecular weight is 254 g/mol. The Bertz CT molecular complexity index is 464. The molecule has 94 valence electrons. The average Bonchev–Trinajstić information content (AvgIpc) is 2.69. The summed E-state index contributed by atoms with van der Waals surface area (Å²) in [6.07, 6.45) is 3.99. The maximum atomic E-state index is 4.36. The summed E-state index contributed by atoms with van der Waals surface area (Å²) in [6, 6.07) is 6.59. The summed E-state index contributed by atoms with van der Waals surface area (Å²) in [5.74, 6) is 0.652. The Hall–Kier alpha value is -1.06. The van der Waals surface area contributed by atoms with E-state index in [1.54, 1.807) is 0 Å². The fourth-order valence-electron chi connectivity index (χ4n) is 1.62. The van der Waals surface area contributed by atoms with Gasteiger partial charge in [0.2, 0.25) is 0 Å². The Morgan fingerprint density at radius 2 is 2.06 bits per heavy atom. The van der Waals surface area contributed by atoms with Crippen molar-refractivity contribution in [3.63, 3.8) is 0 Å². The quantitative estimate of drug-likeness (QED) is 0.908. The number of fused-ring (bicyclic) bond motifs is 1. The van der Waals surface area contributed by atoms with Crippen LogP contribution in [0, 0.1) is 5.92 Å². The van der Waals surface area contributed by atoms with Gasteiger partial charge in [-0.05, 0) is 25.0 Å². The largest absolute Gasteiger partial charge is 0.308 e. The van der Waals surface area contributed by atoms with Crippen LogP contribution in [0.5, 0.6) is 0 Å². The van der Waals surface area contributed by atoms with Gasteiger partial charge >= 0.3 is 0 Å². The summed E-state index contributed by atoms with van der Waals surface area (Å²) in [4.78, 5) is 4.36. The van der Waals surface area contributed by atoms with Crippen LogP contribution in [0.15, 0.2) is 30.6 Å². The van der Waals surface area contributed by atoms with Crippen LogP contribution >= 0.6 is 12.4 Å². The second kappa shape index (κ2) is 6.03. The maximum absolute atomic E-state index is 4.36. The minimum atomic E-state index is 0. The molecule has 0 aromatic carbocycles. The highest BCUT2D eigenvalue weighted by atomic mass is 35.5. The molecule has 0 radical (unpaired) electrons. The number of aromatic nitrogens is 2. The number of hydrogen-bond acceptors (Lipinski definition) is 2. The molecule has 0 aliphatic heterocycles. The first-order valence-electron chi connectivity index (χ1n) is 5.83.